The van der Waals surface area contributed by atoms with Crippen LogP contribution in [0.3, 0.4) is 0 Å². The van der Waals surface area contributed by atoms with Crippen LogP contribution < -0.4 is 4.73 Å². The second kappa shape index (κ2) is 7.73. The van der Waals surface area contributed by atoms with Gasteiger partial charge in [0.2, 0.25) is 0 Å². The number of non-ortho nitro benzene ring substituents is 1. The van der Waals surface area contributed by atoms with E-state index in [0.29, 0.717) is 22.8 Å². The number of aromatic nitrogens is 1. The summed E-state index contributed by atoms with van der Waals surface area (Å²) < 4.78 is 0.809. The molecule has 0 bridgehead atoms. The molecule has 126 valence electrons. The fourth-order valence-corrected chi connectivity index (χ4v) is 3.08. The minimum Gasteiger partial charge on any atom is -0.618 e. The van der Waals surface area contributed by atoms with Crippen molar-refractivity contribution in [2.75, 3.05) is 5.75 Å². The van der Waals surface area contributed by atoms with Crippen LogP contribution in [0.15, 0.2) is 41.4 Å². The standard InChI is InChI=1S/C15H15N3O5S/c1-2-11-3-4-12(16(19)10-11)7-8-24-15-6-5-13(17(20)21)9-14(15)18(22)23/h3-6,9-10H,2,7-8H2,1H3. The Labute approximate surface area is 142 Å². The first-order valence-electron chi connectivity index (χ1n) is 7.19. The van der Waals surface area contributed by atoms with Crippen molar-refractivity contribution in [2.45, 2.75) is 24.7 Å². The lowest BCUT2D eigenvalue weighted by Crippen LogP contribution is -2.32. The van der Waals surface area contributed by atoms with Gasteiger partial charge in [0.05, 0.1) is 20.8 Å². The summed E-state index contributed by atoms with van der Waals surface area (Å²) in [6.07, 6.45) is 2.73. The predicted octanol–water partition coefficient (Wildman–Crippen LogP) is 3.03. The van der Waals surface area contributed by atoms with E-state index in [0.717, 1.165) is 22.8 Å². The summed E-state index contributed by atoms with van der Waals surface area (Å²) in [6.45, 7) is 1.96. The highest BCUT2D eigenvalue weighted by atomic mass is 32.2. The van der Waals surface area contributed by atoms with Crippen LogP contribution in [-0.4, -0.2) is 15.6 Å². The smallest absolute Gasteiger partial charge is 0.289 e. The Morgan fingerprint density at radius 1 is 1.12 bits per heavy atom. The number of rotatable bonds is 7. The lowest BCUT2D eigenvalue weighted by molar-refractivity contribution is -0.614. The quantitative estimate of drug-likeness (QED) is 0.249. The summed E-state index contributed by atoms with van der Waals surface area (Å²) in [5.74, 6) is 0.451. The average Bonchev–Trinajstić information content (AvgIpc) is 2.56. The van der Waals surface area contributed by atoms with E-state index >= 15 is 0 Å². The molecule has 0 N–H and O–H groups in total. The molecule has 9 heteroatoms. The molecule has 1 aromatic carbocycles. The van der Waals surface area contributed by atoms with Gasteiger partial charge in [-0.1, -0.05) is 6.92 Å². The van der Waals surface area contributed by atoms with Gasteiger partial charge in [0, 0.05) is 29.9 Å². The fraction of sp³-hybridized carbons (Fsp3) is 0.267. The number of hydrogen-bond donors (Lipinski definition) is 0. The highest BCUT2D eigenvalue weighted by Gasteiger charge is 2.20. The van der Waals surface area contributed by atoms with Gasteiger partial charge in [-0.25, -0.2) is 0 Å². The molecule has 24 heavy (non-hydrogen) atoms. The van der Waals surface area contributed by atoms with E-state index in [9.17, 15) is 25.4 Å². The van der Waals surface area contributed by atoms with Crippen molar-refractivity contribution >= 4 is 23.1 Å². The monoisotopic (exact) mass is 349 g/mol. The molecule has 0 atom stereocenters. The fourth-order valence-electron chi connectivity index (χ4n) is 2.11. The van der Waals surface area contributed by atoms with Crippen molar-refractivity contribution in [3.05, 3.63) is 73.2 Å². The Bertz CT molecular complexity index is 782. The number of benzene rings is 1. The Kier molecular flexibility index (Phi) is 5.69. The van der Waals surface area contributed by atoms with E-state index in [1.807, 2.05) is 13.0 Å². The van der Waals surface area contributed by atoms with Gasteiger partial charge < -0.3 is 5.21 Å². The summed E-state index contributed by atoms with van der Waals surface area (Å²) in [5.41, 5.74) is 0.890. The first kappa shape index (κ1) is 17.7. The molecule has 8 nitrogen and oxygen atoms in total. The zero-order valence-corrected chi connectivity index (χ0v) is 13.7. The Balaban J connectivity index is 2.09. The summed E-state index contributed by atoms with van der Waals surface area (Å²) >= 11 is 1.19. The minimum absolute atomic E-state index is 0.300. The molecule has 0 saturated carbocycles. The maximum absolute atomic E-state index is 11.9. The van der Waals surface area contributed by atoms with Crippen LogP contribution in [0.4, 0.5) is 11.4 Å². The van der Waals surface area contributed by atoms with E-state index in [1.54, 1.807) is 6.07 Å². The molecule has 0 spiro atoms. The number of nitro groups is 2. The summed E-state index contributed by atoms with van der Waals surface area (Å²) in [6, 6.07) is 7.18. The molecule has 0 aliphatic heterocycles. The summed E-state index contributed by atoms with van der Waals surface area (Å²) in [5, 5.41) is 33.6. The normalized spacial score (nSPS) is 10.5. The number of hydrogen-bond acceptors (Lipinski definition) is 6. The lowest BCUT2D eigenvalue weighted by Gasteiger charge is -2.06. The maximum Gasteiger partial charge on any atom is 0.289 e. The first-order valence-corrected chi connectivity index (χ1v) is 8.17. The van der Waals surface area contributed by atoms with Crippen LogP contribution in [0.2, 0.25) is 0 Å². The van der Waals surface area contributed by atoms with Gasteiger partial charge in [0.1, 0.15) is 0 Å². The predicted molar refractivity (Wildman–Crippen MR) is 89.0 cm³/mol. The van der Waals surface area contributed by atoms with Crippen LogP contribution in [0.25, 0.3) is 0 Å². The number of pyridine rings is 1. The molecule has 0 fully saturated rings. The van der Waals surface area contributed by atoms with Gasteiger partial charge >= 0.3 is 0 Å². The van der Waals surface area contributed by atoms with E-state index in [2.05, 4.69) is 0 Å². The number of aryl methyl sites for hydroxylation is 2. The zero-order chi connectivity index (χ0) is 17.7. The molecular weight excluding hydrogens is 334 g/mol. The maximum atomic E-state index is 11.9. The lowest BCUT2D eigenvalue weighted by atomic mass is 10.2. The molecular formula is C15H15N3O5S. The van der Waals surface area contributed by atoms with Crippen molar-refractivity contribution in [3.63, 3.8) is 0 Å². The van der Waals surface area contributed by atoms with E-state index in [1.165, 1.54) is 30.1 Å². The zero-order valence-electron chi connectivity index (χ0n) is 12.9. The van der Waals surface area contributed by atoms with Gasteiger partial charge in [-0.15, -0.1) is 11.8 Å². The molecule has 0 radical (unpaired) electrons. The minimum atomic E-state index is -0.670. The van der Waals surface area contributed by atoms with Crippen molar-refractivity contribution in [1.82, 2.24) is 0 Å². The highest BCUT2D eigenvalue weighted by molar-refractivity contribution is 7.99. The van der Waals surface area contributed by atoms with E-state index in [4.69, 9.17) is 0 Å². The van der Waals surface area contributed by atoms with Crippen LogP contribution in [0, 0.1) is 25.4 Å². The van der Waals surface area contributed by atoms with Crippen LogP contribution >= 0.6 is 11.8 Å². The molecule has 0 aliphatic carbocycles. The molecule has 2 rings (SSSR count). The Morgan fingerprint density at radius 3 is 2.46 bits per heavy atom. The molecule has 1 aromatic heterocycles. The van der Waals surface area contributed by atoms with Crippen molar-refractivity contribution in [1.29, 1.82) is 0 Å². The third-order valence-corrected chi connectivity index (χ3v) is 4.49. The number of nitrogens with zero attached hydrogens (tertiary/aromatic N) is 3. The Morgan fingerprint density at radius 2 is 1.88 bits per heavy atom. The highest BCUT2D eigenvalue weighted by Crippen LogP contribution is 2.32. The summed E-state index contributed by atoms with van der Waals surface area (Å²) in [4.78, 5) is 20.8. The van der Waals surface area contributed by atoms with Crippen molar-refractivity contribution in [3.8, 4) is 0 Å². The van der Waals surface area contributed by atoms with Gasteiger partial charge in [-0.2, -0.15) is 4.73 Å². The molecule has 1 heterocycles. The molecule has 0 unspecified atom stereocenters. The summed E-state index contributed by atoms with van der Waals surface area (Å²) in [7, 11) is 0. The second-order valence-electron chi connectivity index (χ2n) is 4.97. The van der Waals surface area contributed by atoms with Gasteiger partial charge in [0.25, 0.3) is 11.4 Å². The second-order valence-corrected chi connectivity index (χ2v) is 6.11. The van der Waals surface area contributed by atoms with Gasteiger partial charge in [-0.3, -0.25) is 20.2 Å². The van der Waals surface area contributed by atoms with Crippen LogP contribution in [0.5, 0.6) is 0 Å². The molecule has 0 aliphatic rings. The van der Waals surface area contributed by atoms with Gasteiger partial charge in [-0.05, 0) is 18.6 Å². The molecule has 0 amide bonds. The molecule has 0 saturated heterocycles. The van der Waals surface area contributed by atoms with Crippen molar-refractivity contribution < 1.29 is 14.6 Å². The third kappa shape index (κ3) is 4.19. The number of thioether (sulfide) groups is 1. The number of nitro benzene ring substituents is 2. The average molecular weight is 349 g/mol. The van der Waals surface area contributed by atoms with Crippen LogP contribution in [-0.2, 0) is 12.8 Å². The van der Waals surface area contributed by atoms with Gasteiger partial charge in [0.15, 0.2) is 11.9 Å². The van der Waals surface area contributed by atoms with Crippen molar-refractivity contribution in [2.24, 2.45) is 0 Å². The SMILES string of the molecule is CCc1ccc(CCSc2ccc([N+](=O)[O-])cc2[N+](=O)[O-])[n+]([O-])c1. The van der Waals surface area contributed by atoms with E-state index in [-0.39, 0.29) is 11.4 Å². The third-order valence-electron chi connectivity index (χ3n) is 3.43. The first-order chi connectivity index (χ1) is 11.4. The molecule has 2 aromatic rings. The van der Waals surface area contributed by atoms with E-state index < -0.39 is 9.85 Å². The Hall–Kier alpha value is -2.68. The van der Waals surface area contributed by atoms with Crippen LogP contribution in [0.1, 0.15) is 18.2 Å². The topological polar surface area (TPSA) is 113 Å². The largest absolute Gasteiger partial charge is 0.618 e.